The lowest BCUT2D eigenvalue weighted by Gasteiger charge is -1.93. The minimum absolute atomic E-state index is 0.384. The normalized spacial score (nSPS) is 11.3. The van der Waals surface area contributed by atoms with Crippen LogP contribution in [0.4, 0.5) is 5.82 Å². The van der Waals surface area contributed by atoms with Gasteiger partial charge in [0.25, 0.3) is 0 Å². The number of thiazole rings is 1. The number of fused-ring (bicyclic) bond motifs is 1. The van der Waals surface area contributed by atoms with Crippen LogP contribution >= 0.6 is 11.3 Å². The molecule has 0 aliphatic rings. The van der Waals surface area contributed by atoms with Gasteiger partial charge in [0, 0.05) is 17.6 Å². The molecule has 76 valence electrons. The van der Waals surface area contributed by atoms with Crippen LogP contribution in [0.1, 0.15) is 5.69 Å². The summed E-state index contributed by atoms with van der Waals surface area (Å²) in [6.45, 7) is 1.94. The Labute approximate surface area is 89.1 Å². The Balaban J connectivity index is 2.33. The SMILES string of the molecule is Cc1nc2sccn2c1-c1cc(N)no1. The summed E-state index contributed by atoms with van der Waals surface area (Å²) >= 11 is 1.58. The second-order valence-corrected chi connectivity index (χ2v) is 4.09. The first-order valence-corrected chi connectivity index (χ1v) is 5.28. The molecule has 0 aliphatic carbocycles. The van der Waals surface area contributed by atoms with E-state index in [4.69, 9.17) is 10.3 Å². The van der Waals surface area contributed by atoms with Gasteiger partial charge in [-0.05, 0) is 6.92 Å². The predicted molar refractivity (Wildman–Crippen MR) is 57.7 cm³/mol. The Morgan fingerprint density at radius 1 is 1.53 bits per heavy atom. The lowest BCUT2D eigenvalue weighted by atomic mass is 10.3. The highest BCUT2D eigenvalue weighted by molar-refractivity contribution is 7.15. The van der Waals surface area contributed by atoms with E-state index in [1.165, 1.54) is 0 Å². The summed E-state index contributed by atoms with van der Waals surface area (Å²) in [5.74, 6) is 1.03. The first kappa shape index (κ1) is 8.49. The summed E-state index contributed by atoms with van der Waals surface area (Å²) < 4.78 is 7.11. The highest BCUT2D eigenvalue weighted by Crippen LogP contribution is 2.27. The molecule has 3 rings (SSSR count). The van der Waals surface area contributed by atoms with Crippen molar-refractivity contribution in [2.75, 3.05) is 5.73 Å². The molecule has 0 spiro atoms. The fraction of sp³-hybridized carbons (Fsp3) is 0.111. The van der Waals surface area contributed by atoms with Crippen LogP contribution in [-0.2, 0) is 0 Å². The second kappa shape index (κ2) is 2.83. The number of nitrogen functional groups attached to an aromatic ring is 1. The average molecular weight is 220 g/mol. The molecule has 0 radical (unpaired) electrons. The molecule has 15 heavy (non-hydrogen) atoms. The maximum atomic E-state index is 5.52. The summed E-state index contributed by atoms with van der Waals surface area (Å²) in [5.41, 5.74) is 7.35. The molecule has 3 aromatic rings. The number of nitrogens with two attached hydrogens (primary N) is 1. The summed E-state index contributed by atoms with van der Waals surface area (Å²) in [6.07, 6.45) is 1.95. The van der Waals surface area contributed by atoms with Crippen molar-refractivity contribution in [3.63, 3.8) is 0 Å². The fourth-order valence-corrected chi connectivity index (χ4v) is 2.35. The van der Waals surface area contributed by atoms with Crippen molar-refractivity contribution >= 4 is 22.1 Å². The third kappa shape index (κ3) is 1.15. The highest BCUT2D eigenvalue weighted by atomic mass is 32.1. The lowest BCUT2D eigenvalue weighted by molar-refractivity contribution is 0.434. The van der Waals surface area contributed by atoms with Gasteiger partial charge in [-0.15, -0.1) is 11.3 Å². The molecule has 2 N–H and O–H groups in total. The summed E-state index contributed by atoms with van der Waals surface area (Å²) in [7, 11) is 0. The Morgan fingerprint density at radius 2 is 2.40 bits per heavy atom. The van der Waals surface area contributed by atoms with Crippen LogP contribution in [0.15, 0.2) is 22.2 Å². The zero-order valence-electron chi connectivity index (χ0n) is 7.97. The zero-order valence-corrected chi connectivity index (χ0v) is 8.78. The van der Waals surface area contributed by atoms with Crippen LogP contribution in [0.5, 0.6) is 0 Å². The lowest BCUT2D eigenvalue weighted by Crippen LogP contribution is -1.84. The second-order valence-electron chi connectivity index (χ2n) is 3.22. The predicted octanol–water partition coefficient (Wildman–Crippen LogP) is 1.94. The molecular weight excluding hydrogens is 212 g/mol. The first-order valence-electron chi connectivity index (χ1n) is 4.40. The van der Waals surface area contributed by atoms with Gasteiger partial charge in [0.05, 0.1) is 5.69 Å². The Morgan fingerprint density at radius 3 is 3.13 bits per heavy atom. The van der Waals surface area contributed by atoms with E-state index in [1.54, 1.807) is 17.4 Å². The van der Waals surface area contributed by atoms with Gasteiger partial charge in [0.15, 0.2) is 16.5 Å². The molecule has 5 nitrogen and oxygen atoms in total. The van der Waals surface area contributed by atoms with Gasteiger partial charge in [-0.2, -0.15) is 0 Å². The third-order valence-corrected chi connectivity index (χ3v) is 2.95. The standard InChI is InChI=1S/C9H8N4OS/c1-5-8(6-4-7(10)12-14-6)13-2-3-15-9(13)11-5/h2-4H,1H3,(H2,10,12). The van der Waals surface area contributed by atoms with Crippen molar-refractivity contribution in [2.45, 2.75) is 6.92 Å². The maximum absolute atomic E-state index is 5.52. The van der Waals surface area contributed by atoms with E-state index in [1.807, 2.05) is 22.9 Å². The van der Waals surface area contributed by atoms with Crippen molar-refractivity contribution in [1.29, 1.82) is 0 Å². The van der Waals surface area contributed by atoms with Gasteiger partial charge in [-0.1, -0.05) is 5.16 Å². The molecule has 3 aromatic heterocycles. The number of anilines is 1. The van der Waals surface area contributed by atoms with E-state index in [2.05, 4.69) is 10.1 Å². The summed E-state index contributed by atoms with van der Waals surface area (Å²) in [5, 5.41) is 5.65. The van der Waals surface area contributed by atoms with Crippen LogP contribution in [-0.4, -0.2) is 14.5 Å². The highest BCUT2D eigenvalue weighted by Gasteiger charge is 2.15. The van der Waals surface area contributed by atoms with Crippen molar-refractivity contribution in [3.8, 4) is 11.5 Å². The summed E-state index contributed by atoms with van der Waals surface area (Å²) in [4.78, 5) is 5.35. The molecule has 0 atom stereocenters. The third-order valence-electron chi connectivity index (χ3n) is 2.20. The van der Waals surface area contributed by atoms with Gasteiger partial charge in [0.1, 0.15) is 5.69 Å². The monoisotopic (exact) mass is 220 g/mol. The number of nitrogens with zero attached hydrogens (tertiary/aromatic N) is 3. The van der Waals surface area contributed by atoms with Crippen LogP contribution < -0.4 is 5.73 Å². The van der Waals surface area contributed by atoms with Crippen LogP contribution in [0, 0.1) is 6.92 Å². The maximum Gasteiger partial charge on any atom is 0.194 e. The molecule has 0 saturated heterocycles. The Hall–Kier alpha value is -1.82. The quantitative estimate of drug-likeness (QED) is 0.680. The minimum atomic E-state index is 0.384. The van der Waals surface area contributed by atoms with Crippen molar-refractivity contribution < 1.29 is 4.52 Å². The molecular formula is C9H8N4OS. The van der Waals surface area contributed by atoms with E-state index >= 15 is 0 Å². The number of hydrogen-bond donors (Lipinski definition) is 1. The van der Waals surface area contributed by atoms with Crippen LogP contribution in [0.2, 0.25) is 0 Å². The first-order chi connectivity index (χ1) is 7.25. The van der Waals surface area contributed by atoms with E-state index < -0.39 is 0 Å². The van der Waals surface area contributed by atoms with E-state index in [-0.39, 0.29) is 0 Å². The number of aryl methyl sites for hydroxylation is 1. The topological polar surface area (TPSA) is 69.3 Å². The largest absolute Gasteiger partial charge is 0.381 e. The molecule has 0 fully saturated rings. The van der Waals surface area contributed by atoms with Gasteiger partial charge in [-0.25, -0.2) is 4.98 Å². The van der Waals surface area contributed by atoms with Gasteiger partial charge < -0.3 is 10.3 Å². The van der Waals surface area contributed by atoms with Gasteiger partial charge in [-0.3, -0.25) is 4.40 Å². The van der Waals surface area contributed by atoms with Crippen molar-refractivity contribution in [2.24, 2.45) is 0 Å². The molecule has 6 heteroatoms. The molecule has 0 bridgehead atoms. The number of aromatic nitrogens is 3. The zero-order chi connectivity index (χ0) is 10.4. The van der Waals surface area contributed by atoms with Crippen molar-refractivity contribution in [3.05, 3.63) is 23.3 Å². The van der Waals surface area contributed by atoms with E-state index in [9.17, 15) is 0 Å². The average Bonchev–Trinajstić information content (AvgIpc) is 2.81. The number of rotatable bonds is 1. The van der Waals surface area contributed by atoms with E-state index in [0.717, 1.165) is 16.3 Å². The number of hydrogen-bond acceptors (Lipinski definition) is 5. The van der Waals surface area contributed by atoms with Crippen LogP contribution in [0.25, 0.3) is 16.4 Å². The minimum Gasteiger partial charge on any atom is -0.381 e. The van der Waals surface area contributed by atoms with E-state index in [0.29, 0.717) is 11.6 Å². The Bertz CT molecular complexity index is 621. The Kier molecular flexibility index (Phi) is 1.60. The molecule has 0 amide bonds. The van der Waals surface area contributed by atoms with Crippen LogP contribution in [0.3, 0.4) is 0 Å². The smallest absolute Gasteiger partial charge is 0.194 e. The molecule has 0 aliphatic heterocycles. The summed E-state index contributed by atoms with van der Waals surface area (Å²) in [6, 6.07) is 1.70. The molecule has 3 heterocycles. The fourth-order valence-electron chi connectivity index (χ4n) is 1.59. The van der Waals surface area contributed by atoms with Crippen molar-refractivity contribution in [1.82, 2.24) is 14.5 Å². The molecule has 0 saturated carbocycles. The molecule has 0 aromatic carbocycles. The number of imidazole rings is 1. The van der Waals surface area contributed by atoms with Gasteiger partial charge >= 0.3 is 0 Å². The van der Waals surface area contributed by atoms with Gasteiger partial charge in [0.2, 0.25) is 0 Å². The molecule has 0 unspecified atom stereocenters.